The summed E-state index contributed by atoms with van der Waals surface area (Å²) in [4.78, 5) is 13.9. The summed E-state index contributed by atoms with van der Waals surface area (Å²) in [6, 6.07) is 0. The zero-order valence-electron chi connectivity index (χ0n) is 11.1. The van der Waals surface area contributed by atoms with E-state index >= 15 is 0 Å². The summed E-state index contributed by atoms with van der Waals surface area (Å²) in [5.74, 6) is 0.216. The molecule has 0 radical (unpaired) electrons. The SMILES string of the molecule is CC.CC1(C)CCN(C(=O)[C@H]2CCCO2)C1. The highest BCUT2D eigenvalue weighted by atomic mass is 16.5. The first-order valence-electron chi connectivity index (χ1n) is 6.49. The van der Waals surface area contributed by atoms with E-state index in [1.54, 1.807) is 0 Å². The first kappa shape index (κ1) is 13.5. The third kappa shape index (κ3) is 3.21. The molecule has 1 amide bonds. The number of rotatable bonds is 1. The summed E-state index contributed by atoms with van der Waals surface area (Å²) < 4.78 is 5.40. The van der Waals surface area contributed by atoms with Crippen molar-refractivity contribution in [3.63, 3.8) is 0 Å². The van der Waals surface area contributed by atoms with Crippen molar-refractivity contribution in [1.82, 2.24) is 4.90 Å². The summed E-state index contributed by atoms with van der Waals surface area (Å²) in [5, 5.41) is 0. The molecule has 3 nitrogen and oxygen atoms in total. The van der Waals surface area contributed by atoms with Gasteiger partial charge >= 0.3 is 0 Å². The lowest BCUT2D eigenvalue weighted by molar-refractivity contribution is -0.140. The highest BCUT2D eigenvalue weighted by molar-refractivity contribution is 5.81. The van der Waals surface area contributed by atoms with Gasteiger partial charge in [-0.1, -0.05) is 27.7 Å². The largest absolute Gasteiger partial charge is 0.368 e. The number of carbonyl (C=O) groups excluding carboxylic acids is 1. The Morgan fingerprint density at radius 3 is 2.50 bits per heavy atom. The molecule has 0 aromatic carbocycles. The van der Waals surface area contributed by atoms with Gasteiger partial charge in [0.25, 0.3) is 5.91 Å². The Kier molecular flexibility index (Phi) is 4.78. The molecule has 2 aliphatic heterocycles. The molecule has 3 heteroatoms. The van der Waals surface area contributed by atoms with Crippen molar-refractivity contribution in [3.8, 4) is 0 Å². The van der Waals surface area contributed by atoms with Crippen LogP contribution in [0.25, 0.3) is 0 Å². The van der Waals surface area contributed by atoms with Crippen molar-refractivity contribution < 1.29 is 9.53 Å². The maximum absolute atomic E-state index is 11.9. The second kappa shape index (κ2) is 5.67. The van der Waals surface area contributed by atoms with Crippen molar-refractivity contribution >= 4 is 5.91 Å². The molecule has 94 valence electrons. The molecular formula is C13H25NO2. The molecular weight excluding hydrogens is 202 g/mol. The molecule has 0 bridgehead atoms. The van der Waals surface area contributed by atoms with Crippen LogP contribution in [0.4, 0.5) is 0 Å². The van der Waals surface area contributed by atoms with Crippen LogP contribution in [0, 0.1) is 5.41 Å². The highest BCUT2D eigenvalue weighted by Gasteiger charge is 2.36. The number of hydrogen-bond donors (Lipinski definition) is 0. The molecule has 0 saturated carbocycles. The summed E-state index contributed by atoms with van der Waals surface area (Å²) >= 11 is 0. The predicted octanol–water partition coefficient (Wildman–Crippen LogP) is 2.45. The maximum atomic E-state index is 11.9. The van der Waals surface area contributed by atoms with Crippen LogP contribution in [0.5, 0.6) is 0 Å². The summed E-state index contributed by atoms with van der Waals surface area (Å²) in [5.41, 5.74) is 0.300. The lowest BCUT2D eigenvalue weighted by atomic mass is 9.93. The van der Waals surface area contributed by atoms with Crippen LogP contribution in [0.15, 0.2) is 0 Å². The Labute approximate surface area is 99.1 Å². The molecule has 2 rings (SSSR count). The standard InChI is InChI=1S/C11H19NO2.C2H6/c1-11(2)5-6-12(8-11)10(13)9-4-3-7-14-9;1-2/h9H,3-8H2,1-2H3;1-2H3/t9-;/m1./s1. The van der Waals surface area contributed by atoms with Gasteiger partial charge in [-0.2, -0.15) is 0 Å². The van der Waals surface area contributed by atoms with Gasteiger partial charge in [-0.25, -0.2) is 0 Å². The molecule has 0 aliphatic carbocycles. The van der Waals surface area contributed by atoms with Crippen LogP contribution in [-0.2, 0) is 9.53 Å². The van der Waals surface area contributed by atoms with Crippen molar-refractivity contribution in [2.75, 3.05) is 19.7 Å². The summed E-state index contributed by atoms with van der Waals surface area (Å²) in [7, 11) is 0. The highest BCUT2D eigenvalue weighted by Crippen LogP contribution is 2.30. The Bertz CT molecular complexity index is 232. The van der Waals surface area contributed by atoms with Crippen LogP contribution in [0.1, 0.15) is 47.0 Å². The van der Waals surface area contributed by atoms with Gasteiger partial charge in [0.05, 0.1) is 0 Å². The van der Waals surface area contributed by atoms with Crippen LogP contribution in [0.2, 0.25) is 0 Å². The lowest BCUT2D eigenvalue weighted by Gasteiger charge is -2.22. The van der Waals surface area contributed by atoms with E-state index in [4.69, 9.17) is 4.74 Å². The van der Waals surface area contributed by atoms with Gasteiger partial charge in [0, 0.05) is 19.7 Å². The third-order valence-corrected chi connectivity index (χ3v) is 3.19. The van der Waals surface area contributed by atoms with E-state index in [9.17, 15) is 4.79 Å². The Morgan fingerprint density at radius 2 is 2.06 bits per heavy atom. The van der Waals surface area contributed by atoms with Crippen LogP contribution in [0.3, 0.4) is 0 Å². The van der Waals surface area contributed by atoms with E-state index in [-0.39, 0.29) is 12.0 Å². The second-order valence-electron chi connectivity index (χ2n) is 5.18. The topological polar surface area (TPSA) is 29.5 Å². The molecule has 0 unspecified atom stereocenters. The fourth-order valence-corrected chi connectivity index (χ4v) is 2.28. The van der Waals surface area contributed by atoms with Crippen molar-refractivity contribution in [1.29, 1.82) is 0 Å². The van der Waals surface area contributed by atoms with Crippen LogP contribution < -0.4 is 0 Å². The number of ether oxygens (including phenoxy) is 1. The van der Waals surface area contributed by atoms with Crippen LogP contribution >= 0.6 is 0 Å². The minimum Gasteiger partial charge on any atom is -0.368 e. The second-order valence-corrected chi connectivity index (χ2v) is 5.18. The summed E-state index contributed by atoms with van der Waals surface area (Å²) in [6.07, 6.45) is 2.93. The van der Waals surface area contributed by atoms with Gasteiger partial charge in [0.1, 0.15) is 6.10 Å². The van der Waals surface area contributed by atoms with Gasteiger partial charge in [0.15, 0.2) is 0 Å². The van der Waals surface area contributed by atoms with E-state index in [0.29, 0.717) is 5.41 Å². The minimum atomic E-state index is -0.135. The van der Waals surface area contributed by atoms with Gasteiger partial charge in [-0.15, -0.1) is 0 Å². The predicted molar refractivity (Wildman–Crippen MR) is 65.3 cm³/mol. The van der Waals surface area contributed by atoms with Gasteiger partial charge < -0.3 is 9.64 Å². The average molecular weight is 227 g/mol. The third-order valence-electron chi connectivity index (χ3n) is 3.19. The van der Waals surface area contributed by atoms with Crippen molar-refractivity contribution in [2.45, 2.75) is 53.1 Å². The molecule has 2 fully saturated rings. The number of likely N-dealkylation sites (tertiary alicyclic amines) is 1. The monoisotopic (exact) mass is 227 g/mol. The fourth-order valence-electron chi connectivity index (χ4n) is 2.28. The molecule has 0 N–H and O–H groups in total. The zero-order chi connectivity index (χ0) is 12.2. The van der Waals surface area contributed by atoms with E-state index in [1.807, 2.05) is 18.7 Å². The minimum absolute atomic E-state index is 0.135. The van der Waals surface area contributed by atoms with Crippen molar-refractivity contribution in [2.24, 2.45) is 5.41 Å². The van der Waals surface area contributed by atoms with Gasteiger partial charge in [-0.3, -0.25) is 4.79 Å². The van der Waals surface area contributed by atoms with E-state index in [0.717, 1.165) is 39.0 Å². The molecule has 2 saturated heterocycles. The normalized spacial score (nSPS) is 27.5. The summed E-state index contributed by atoms with van der Waals surface area (Å²) in [6.45, 7) is 11.0. The van der Waals surface area contributed by atoms with Crippen molar-refractivity contribution in [3.05, 3.63) is 0 Å². The van der Waals surface area contributed by atoms with Gasteiger partial charge in [-0.05, 0) is 24.7 Å². The molecule has 16 heavy (non-hydrogen) atoms. The van der Waals surface area contributed by atoms with E-state index in [2.05, 4.69) is 13.8 Å². The van der Waals surface area contributed by atoms with Crippen LogP contribution in [-0.4, -0.2) is 36.6 Å². The number of amides is 1. The molecule has 2 heterocycles. The fraction of sp³-hybridized carbons (Fsp3) is 0.923. The van der Waals surface area contributed by atoms with E-state index in [1.165, 1.54) is 0 Å². The first-order valence-corrected chi connectivity index (χ1v) is 6.49. The number of carbonyl (C=O) groups is 1. The number of nitrogens with zero attached hydrogens (tertiary/aromatic N) is 1. The quantitative estimate of drug-likeness (QED) is 0.688. The van der Waals surface area contributed by atoms with Gasteiger partial charge in [0.2, 0.25) is 0 Å². The molecule has 2 aliphatic rings. The molecule has 1 atom stereocenters. The molecule has 0 aromatic rings. The lowest BCUT2D eigenvalue weighted by Crippen LogP contribution is -2.38. The smallest absolute Gasteiger partial charge is 0.251 e. The Balaban J connectivity index is 0.000000606. The Morgan fingerprint density at radius 1 is 1.38 bits per heavy atom. The van der Waals surface area contributed by atoms with E-state index < -0.39 is 0 Å². The molecule has 0 aromatic heterocycles. The average Bonchev–Trinajstić information content (AvgIpc) is 2.89. The zero-order valence-corrected chi connectivity index (χ0v) is 11.1. The Hall–Kier alpha value is -0.570. The molecule has 0 spiro atoms. The maximum Gasteiger partial charge on any atom is 0.251 e. The first-order chi connectivity index (χ1) is 7.58. The number of hydrogen-bond acceptors (Lipinski definition) is 2.